The molecule has 0 bridgehead atoms. The number of aromatic nitrogens is 2. The first-order chi connectivity index (χ1) is 12.9. The van der Waals surface area contributed by atoms with Crippen molar-refractivity contribution in [2.45, 2.75) is 32.4 Å². The third-order valence-corrected chi connectivity index (χ3v) is 5.59. The molecule has 2 aromatic rings. The molecular weight excluding hydrogens is 346 g/mol. The van der Waals surface area contributed by atoms with Crippen molar-refractivity contribution in [2.24, 2.45) is 7.05 Å². The van der Waals surface area contributed by atoms with Gasteiger partial charge in [0, 0.05) is 33.3 Å². The molecule has 8 nitrogen and oxygen atoms in total. The van der Waals surface area contributed by atoms with Crippen molar-refractivity contribution in [3.63, 3.8) is 0 Å². The van der Waals surface area contributed by atoms with Crippen molar-refractivity contribution in [3.8, 4) is 0 Å². The van der Waals surface area contributed by atoms with E-state index < -0.39 is 0 Å². The second-order valence-corrected chi connectivity index (χ2v) is 7.65. The molecule has 0 N–H and O–H groups in total. The standard InChI is InChI=1S/C19H25N5O3/c1-14-4-5-17(27-14)10-22-7-6-19(12-22)13-23(16-8-20-21(3)9-16)18(26)11-24(19)15(2)25/h4-5,8-9H,6-7,10-13H2,1-3H3/t19-/m0/s1. The summed E-state index contributed by atoms with van der Waals surface area (Å²) in [6.07, 6.45) is 4.37. The third kappa shape index (κ3) is 3.25. The number of anilines is 1. The molecular formula is C19H25N5O3. The lowest BCUT2D eigenvalue weighted by Crippen LogP contribution is -2.66. The van der Waals surface area contributed by atoms with Gasteiger partial charge in [-0.25, -0.2) is 0 Å². The summed E-state index contributed by atoms with van der Waals surface area (Å²) < 4.78 is 7.40. The van der Waals surface area contributed by atoms with Crippen molar-refractivity contribution in [1.82, 2.24) is 19.6 Å². The zero-order chi connectivity index (χ0) is 19.2. The molecule has 0 aliphatic carbocycles. The average Bonchev–Trinajstić information content (AvgIpc) is 3.32. The van der Waals surface area contributed by atoms with Crippen LogP contribution in [-0.4, -0.2) is 63.1 Å². The SMILES string of the molecule is CC(=O)N1CC(=O)N(c2cnn(C)c2)C[C@@]12CCN(Cc1ccc(C)o1)C2. The van der Waals surface area contributed by atoms with E-state index in [1.807, 2.05) is 32.3 Å². The van der Waals surface area contributed by atoms with Crippen molar-refractivity contribution in [1.29, 1.82) is 0 Å². The minimum Gasteiger partial charge on any atom is -0.465 e. The maximum Gasteiger partial charge on any atom is 0.246 e. The number of hydrogen-bond acceptors (Lipinski definition) is 5. The van der Waals surface area contributed by atoms with Gasteiger partial charge in [0.25, 0.3) is 0 Å². The Morgan fingerprint density at radius 2 is 2.15 bits per heavy atom. The van der Waals surface area contributed by atoms with Gasteiger partial charge in [-0.3, -0.25) is 19.2 Å². The molecule has 0 aromatic carbocycles. The minimum atomic E-state index is -0.378. The van der Waals surface area contributed by atoms with Crippen LogP contribution in [0.25, 0.3) is 0 Å². The molecule has 1 spiro atoms. The van der Waals surface area contributed by atoms with Gasteiger partial charge in [-0.1, -0.05) is 0 Å². The van der Waals surface area contributed by atoms with Crippen molar-refractivity contribution >= 4 is 17.5 Å². The number of likely N-dealkylation sites (tertiary alicyclic amines) is 1. The highest BCUT2D eigenvalue weighted by Crippen LogP contribution is 2.35. The van der Waals surface area contributed by atoms with Crippen LogP contribution in [0, 0.1) is 6.92 Å². The highest BCUT2D eigenvalue weighted by molar-refractivity contribution is 5.98. The van der Waals surface area contributed by atoms with Crippen LogP contribution >= 0.6 is 0 Å². The van der Waals surface area contributed by atoms with Crippen molar-refractivity contribution < 1.29 is 14.0 Å². The number of furan rings is 1. The number of aryl methyl sites for hydroxylation is 2. The molecule has 2 aliphatic rings. The zero-order valence-corrected chi connectivity index (χ0v) is 16.0. The minimum absolute atomic E-state index is 0.0510. The lowest BCUT2D eigenvalue weighted by Gasteiger charge is -2.47. The van der Waals surface area contributed by atoms with Gasteiger partial charge < -0.3 is 14.2 Å². The summed E-state index contributed by atoms with van der Waals surface area (Å²) in [6, 6.07) is 3.96. The summed E-state index contributed by atoms with van der Waals surface area (Å²) in [7, 11) is 1.83. The topological polar surface area (TPSA) is 74.8 Å². The van der Waals surface area contributed by atoms with E-state index in [0.29, 0.717) is 13.1 Å². The van der Waals surface area contributed by atoms with E-state index >= 15 is 0 Å². The van der Waals surface area contributed by atoms with Gasteiger partial charge in [-0.05, 0) is 25.5 Å². The Labute approximate surface area is 158 Å². The molecule has 2 saturated heterocycles. The van der Waals surface area contributed by atoms with E-state index in [9.17, 15) is 9.59 Å². The van der Waals surface area contributed by atoms with Gasteiger partial charge in [0.15, 0.2) is 0 Å². The second kappa shape index (κ2) is 6.53. The highest BCUT2D eigenvalue weighted by atomic mass is 16.3. The fraction of sp³-hybridized carbons (Fsp3) is 0.526. The van der Waals surface area contributed by atoms with E-state index in [2.05, 4.69) is 10.00 Å². The highest BCUT2D eigenvalue weighted by Gasteiger charge is 2.50. The Morgan fingerprint density at radius 3 is 2.78 bits per heavy atom. The predicted molar refractivity (Wildman–Crippen MR) is 99.0 cm³/mol. The molecule has 144 valence electrons. The molecule has 4 rings (SSSR count). The fourth-order valence-corrected chi connectivity index (χ4v) is 4.30. The molecule has 0 radical (unpaired) electrons. The summed E-state index contributed by atoms with van der Waals surface area (Å²) >= 11 is 0. The lowest BCUT2D eigenvalue weighted by molar-refractivity contribution is -0.142. The molecule has 2 aliphatic heterocycles. The van der Waals surface area contributed by atoms with Crippen LogP contribution in [0.4, 0.5) is 5.69 Å². The number of nitrogens with zero attached hydrogens (tertiary/aromatic N) is 5. The number of rotatable bonds is 3. The quantitative estimate of drug-likeness (QED) is 0.809. The summed E-state index contributed by atoms with van der Waals surface area (Å²) in [5.41, 5.74) is 0.405. The molecule has 0 unspecified atom stereocenters. The summed E-state index contributed by atoms with van der Waals surface area (Å²) in [4.78, 5) is 30.9. The Morgan fingerprint density at radius 1 is 1.33 bits per heavy atom. The van der Waals surface area contributed by atoms with Gasteiger partial charge in [0.05, 0.1) is 30.5 Å². The molecule has 2 fully saturated rings. The Bertz CT molecular complexity index is 872. The second-order valence-electron chi connectivity index (χ2n) is 7.65. The van der Waals surface area contributed by atoms with Crippen LogP contribution in [0.3, 0.4) is 0 Å². The number of carbonyl (C=O) groups excluding carboxylic acids is 2. The maximum atomic E-state index is 12.7. The summed E-state index contributed by atoms with van der Waals surface area (Å²) in [5.74, 6) is 1.71. The molecule has 1 atom stereocenters. The van der Waals surface area contributed by atoms with Gasteiger partial charge in [0.2, 0.25) is 11.8 Å². The van der Waals surface area contributed by atoms with Crippen LogP contribution < -0.4 is 4.90 Å². The summed E-state index contributed by atoms with van der Waals surface area (Å²) in [6.45, 7) is 6.37. The lowest BCUT2D eigenvalue weighted by atomic mass is 9.92. The van der Waals surface area contributed by atoms with Crippen molar-refractivity contribution in [3.05, 3.63) is 36.0 Å². The average molecular weight is 371 g/mol. The summed E-state index contributed by atoms with van der Waals surface area (Å²) in [5, 5.41) is 4.19. The Balaban J connectivity index is 1.57. The van der Waals surface area contributed by atoms with Crippen LogP contribution in [-0.2, 0) is 23.2 Å². The number of carbonyl (C=O) groups is 2. The monoisotopic (exact) mass is 371 g/mol. The maximum absolute atomic E-state index is 12.7. The Kier molecular flexibility index (Phi) is 4.30. The molecule has 8 heteroatoms. The van der Waals surface area contributed by atoms with Crippen molar-refractivity contribution in [2.75, 3.05) is 31.1 Å². The number of hydrogen-bond donors (Lipinski definition) is 0. The number of amides is 2. The number of piperazine rings is 1. The zero-order valence-electron chi connectivity index (χ0n) is 16.0. The smallest absolute Gasteiger partial charge is 0.246 e. The largest absolute Gasteiger partial charge is 0.465 e. The first-order valence-electron chi connectivity index (χ1n) is 9.21. The van der Waals surface area contributed by atoms with E-state index in [1.54, 1.807) is 27.6 Å². The Hall–Kier alpha value is -2.61. The molecule has 27 heavy (non-hydrogen) atoms. The first-order valence-corrected chi connectivity index (χ1v) is 9.21. The third-order valence-electron chi connectivity index (χ3n) is 5.59. The van der Waals surface area contributed by atoms with Crippen LogP contribution in [0.2, 0.25) is 0 Å². The first kappa shape index (κ1) is 17.8. The van der Waals surface area contributed by atoms with E-state index in [-0.39, 0.29) is 23.9 Å². The molecule has 2 aromatic heterocycles. The van der Waals surface area contributed by atoms with E-state index in [0.717, 1.165) is 36.7 Å². The van der Waals surface area contributed by atoms with Gasteiger partial charge in [-0.2, -0.15) is 5.10 Å². The molecule has 4 heterocycles. The van der Waals surface area contributed by atoms with Crippen LogP contribution in [0.15, 0.2) is 28.9 Å². The molecule has 0 saturated carbocycles. The van der Waals surface area contributed by atoms with Gasteiger partial charge in [-0.15, -0.1) is 0 Å². The van der Waals surface area contributed by atoms with Crippen LogP contribution in [0.1, 0.15) is 24.9 Å². The fourth-order valence-electron chi connectivity index (χ4n) is 4.30. The van der Waals surface area contributed by atoms with Gasteiger partial charge >= 0.3 is 0 Å². The van der Waals surface area contributed by atoms with Crippen LogP contribution in [0.5, 0.6) is 0 Å². The van der Waals surface area contributed by atoms with E-state index in [4.69, 9.17) is 4.42 Å². The normalized spacial score (nSPS) is 23.6. The van der Waals surface area contributed by atoms with Gasteiger partial charge in [0.1, 0.15) is 18.1 Å². The molecule has 2 amide bonds. The predicted octanol–water partition coefficient (Wildman–Crippen LogP) is 1.16. The van der Waals surface area contributed by atoms with E-state index in [1.165, 1.54) is 0 Å².